The standard InChI is InChI=1S/C17H20O5/c1-20-16(18)11-5-9-14-15(10-6-12-21-14)22-17(19)13-7-3-2-4-8-13/h2-5,7-8,11,14-15H,6,9-10,12H2,1H3/b11-5+/t14-,15+/m1/s1. The van der Waals surface area contributed by atoms with Gasteiger partial charge in [0.05, 0.1) is 18.8 Å². The maximum Gasteiger partial charge on any atom is 0.338 e. The predicted octanol–water partition coefficient (Wildman–Crippen LogP) is 2.51. The minimum atomic E-state index is -0.409. The lowest BCUT2D eigenvalue weighted by atomic mass is 10.0. The van der Waals surface area contributed by atoms with Gasteiger partial charge in [-0.05, 0) is 31.4 Å². The highest BCUT2D eigenvalue weighted by Crippen LogP contribution is 2.21. The van der Waals surface area contributed by atoms with E-state index < -0.39 is 5.97 Å². The third-order valence-corrected chi connectivity index (χ3v) is 3.47. The average molecular weight is 304 g/mol. The normalized spacial score (nSPS) is 21.5. The molecule has 0 N–H and O–H groups in total. The second kappa shape index (κ2) is 8.34. The third-order valence-electron chi connectivity index (χ3n) is 3.47. The summed E-state index contributed by atoms with van der Waals surface area (Å²) in [5.41, 5.74) is 0.525. The van der Waals surface area contributed by atoms with E-state index in [0.717, 1.165) is 12.8 Å². The van der Waals surface area contributed by atoms with Crippen LogP contribution in [-0.4, -0.2) is 37.9 Å². The van der Waals surface area contributed by atoms with Crippen molar-refractivity contribution < 1.29 is 23.8 Å². The van der Waals surface area contributed by atoms with Gasteiger partial charge in [-0.2, -0.15) is 0 Å². The average Bonchev–Trinajstić information content (AvgIpc) is 2.57. The van der Waals surface area contributed by atoms with Crippen LogP contribution in [-0.2, 0) is 19.0 Å². The zero-order valence-electron chi connectivity index (χ0n) is 12.6. The number of benzene rings is 1. The Balaban J connectivity index is 1.93. The highest BCUT2D eigenvalue weighted by molar-refractivity contribution is 5.89. The lowest BCUT2D eigenvalue weighted by molar-refractivity contribution is -0.134. The summed E-state index contributed by atoms with van der Waals surface area (Å²) < 4.78 is 15.8. The van der Waals surface area contributed by atoms with Gasteiger partial charge in [0.15, 0.2) is 0 Å². The molecule has 22 heavy (non-hydrogen) atoms. The first kappa shape index (κ1) is 16.2. The summed E-state index contributed by atoms with van der Waals surface area (Å²) in [6, 6.07) is 8.88. The van der Waals surface area contributed by atoms with Gasteiger partial charge in [0.2, 0.25) is 0 Å². The van der Waals surface area contributed by atoms with Crippen LogP contribution in [0.15, 0.2) is 42.5 Å². The van der Waals surface area contributed by atoms with Crippen LogP contribution >= 0.6 is 0 Å². The maximum absolute atomic E-state index is 12.1. The molecule has 0 aromatic heterocycles. The van der Waals surface area contributed by atoms with Gasteiger partial charge in [-0.25, -0.2) is 9.59 Å². The predicted molar refractivity (Wildman–Crippen MR) is 80.4 cm³/mol. The van der Waals surface area contributed by atoms with E-state index in [9.17, 15) is 9.59 Å². The minimum absolute atomic E-state index is 0.234. The fourth-order valence-corrected chi connectivity index (χ4v) is 2.31. The molecular formula is C17H20O5. The van der Waals surface area contributed by atoms with Gasteiger partial charge in [0, 0.05) is 12.7 Å². The number of esters is 2. The molecule has 1 aromatic carbocycles. The first-order valence-electron chi connectivity index (χ1n) is 7.33. The largest absolute Gasteiger partial charge is 0.466 e. The Hall–Kier alpha value is -2.14. The van der Waals surface area contributed by atoms with E-state index in [1.807, 2.05) is 6.07 Å². The lowest BCUT2D eigenvalue weighted by Gasteiger charge is -2.30. The Morgan fingerprint density at radius 3 is 2.82 bits per heavy atom. The van der Waals surface area contributed by atoms with Crippen LogP contribution in [0.25, 0.3) is 0 Å². The molecule has 0 unspecified atom stereocenters. The molecule has 0 aliphatic carbocycles. The van der Waals surface area contributed by atoms with Crippen molar-refractivity contribution >= 4 is 11.9 Å². The molecule has 0 amide bonds. The molecule has 1 aliphatic rings. The topological polar surface area (TPSA) is 61.8 Å². The zero-order valence-corrected chi connectivity index (χ0v) is 12.6. The van der Waals surface area contributed by atoms with Crippen molar-refractivity contribution in [3.63, 3.8) is 0 Å². The molecule has 2 rings (SSSR count). The number of hydrogen-bond donors (Lipinski definition) is 0. The number of ether oxygens (including phenoxy) is 3. The molecule has 1 fully saturated rings. The van der Waals surface area contributed by atoms with Crippen molar-refractivity contribution in [3.8, 4) is 0 Å². The molecule has 118 valence electrons. The van der Waals surface area contributed by atoms with Crippen LogP contribution in [0.4, 0.5) is 0 Å². The molecular weight excluding hydrogens is 284 g/mol. The summed E-state index contributed by atoms with van der Waals surface area (Å²) in [5, 5.41) is 0. The zero-order chi connectivity index (χ0) is 15.8. The molecule has 1 aliphatic heterocycles. The molecule has 0 saturated carbocycles. The number of carbonyl (C=O) groups excluding carboxylic acids is 2. The Bertz CT molecular complexity index is 523. The smallest absolute Gasteiger partial charge is 0.338 e. The highest BCUT2D eigenvalue weighted by atomic mass is 16.6. The summed E-state index contributed by atoms with van der Waals surface area (Å²) in [4.78, 5) is 23.2. The summed E-state index contributed by atoms with van der Waals surface area (Å²) >= 11 is 0. The third kappa shape index (κ3) is 4.70. The SMILES string of the molecule is COC(=O)/C=C/C[C@H]1OCCC[C@@H]1OC(=O)c1ccccc1. The quantitative estimate of drug-likeness (QED) is 0.618. The van der Waals surface area contributed by atoms with Crippen molar-refractivity contribution in [2.75, 3.05) is 13.7 Å². The highest BCUT2D eigenvalue weighted by Gasteiger charge is 2.28. The first-order chi connectivity index (χ1) is 10.7. The van der Waals surface area contributed by atoms with E-state index in [1.165, 1.54) is 13.2 Å². The van der Waals surface area contributed by atoms with E-state index in [2.05, 4.69) is 4.74 Å². The number of hydrogen-bond acceptors (Lipinski definition) is 5. The molecule has 1 aromatic rings. The molecule has 5 nitrogen and oxygen atoms in total. The monoisotopic (exact) mass is 304 g/mol. The maximum atomic E-state index is 12.1. The van der Waals surface area contributed by atoms with E-state index >= 15 is 0 Å². The van der Waals surface area contributed by atoms with Gasteiger partial charge in [-0.15, -0.1) is 0 Å². The van der Waals surface area contributed by atoms with Crippen LogP contribution in [0, 0.1) is 0 Å². The Labute approximate surface area is 129 Å². The summed E-state index contributed by atoms with van der Waals surface area (Å²) in [5.74, 6) is -0.758. The van der Waals surface area contributed by atoms with Crippen LogP contribution < -0.4 is 0 Å². The lowest BCUT2D eigenvalue weighted by Crippen LogP contribution is -2.37. The van der Waals surface area contributed by atoms with Crippen LogP contribution in [0.5, 0.6) is 0 Å². The van der Waals surface area contributed by atoms with E-state index in [4.69, 9.17) is 9.47 Å². The van der Waals surface area contributed by atoms with Crippen LogP contribution in [0.1, 0.15) is 29.6 Å². The van der Waals surface area contributed by atoms with E-state index in [1.54, 1.807) is 30.3 Å². The Morgan fingerprint density at radius 1 is 1.32 bits per heavy atom. The summed E-state index contributed by atoms with van der Waals surface area (Å²) in [6.07, 6.45) is 4.62. The van der Waals surface area contributed by atoms with Gasteiger partial charge < -0.3 is 14.2 Å². The first-order valence-corrected chi connectivity index (χ1v) is 7.33. The Morgan fingerprint density at radius 2 is 2.09 bits per heavy atom. The van der Waals surface area contributed by atoms with E-state index in [-0.39, 0.29) is 18.2 Å². The van der Waals surface area contributed by atoms with Gasteiger partial charge in [-0.3, -0.25) is 0 Å². The molecule has 0 spiro atoms. The number of methoxy groups -OCH3 is 1. The van der Waals surface area contributed by atoms with Crippen molar-refractivity contribution in [2.24, 2.45) is 0 Å². The molecule has 2 atom stereocenters. The molecule has 1 saturated heterocycles. The number of rotatable bonds is 5. The second-order valence-electron chi connectivity index (χ2n) is 5.02. The summed E-state index contributed by atoms with van der Waals surface area (Å²) in [6.45, 7) is 0.635. The summed E-state index contributed by atoms with van der Waals surface area (Å²) in [7, 11) is 1.33. The van der Waals surface area contributed by atoms with Crippen LogP contribution in [0.2, 0.25) is 0 Å². The van der Waals surface area contributed by atoms with Crippen molar-refractivity contribution in [1.29, 1.82) is 0 Å². The van der Waals surface area contributed by atoms with Crippen LogP contribution in [0.3, 0.4) is 0 Å². The number of carbonyl (C=O) groups is 2. The fourth-order valence-electron chi connectivity index (χ4n) is 2.31. The minimum Gasteiger partial charge on any atom is -0.466 e. The fraction of sp³-hybridized carbons (Fsp3) is 0.412. The van der Waals surface area contributed by atoms with Gasteiger partial charge in [0.25, 0.3) is 0 Å². The van der Waals surface area contributed by atoms with Gasteiger partial charge in [-0.1, -0.05) is 24.3 Å². The van der Waals surface area contributed by atoms with Gasteiger partial charge in [0.1, 0.15) is 6.10 Å². The van der Waals surface area contributed by atoms with Crippen molar-refractivity contribution in [2.45, 2.75) is 31.5 Å². The van der Waals surface area contributed by atoms with Gasteiger partial charge >= 0.3 is 11.9 Å². The Kier molecular flexibility index (Phi) is 6.15. The van der Waals surface area contributed by atoms with E-state index in [0.29, 0.717) is 18.6 Å². The van der Waals surface area contributed by atoms with Crippen molar-refractivity contribution in [1.82, 2.24) is 0 Å². The molecule has 0 bridgehead atoms. The molecule has 0 radical (unpaired) electrons. The second-order valence-corrected chi connectivity index (χ2v) is 5.02. The molecule has 5 heteroatoms. The van der Waals surface area contributed by atoms with Crippen molar-refractivity contribution in [3.05, 3.63) is 48.0 Å². The molecule has 1 heterocycles.